The molecule has 0 bridgehead atoms. The molecular weight excluding hydrogens is 283 g/mol. The molecule has 5 nitrogen and oxygen atoms in total. The number of imidazole rings is 1. The molecule has 0 saturated heterocycles. The maximum atomic E-state index is 14.1. The monoisotopic (exact) mass is 298 g/mol. The highest BCUT2D eigenvalue weighted by molar-refractivity contribution is 5.97. The number of halogens is 1. The lowest BCUT2D eigenvalue weighted by Gasteiger charge is -2.10. The number of fused-ring (bicyclic) bond motifs is 1. The molecule has 2 aromatic heterocycles. The van der Waals surface area contributed by atoms with Gasteiger partial charge in [0, 0.05) is 18.6 Å². The van der Waals surface area contributed by atoms with Gasteiger partial charge in [0.1, 0.15) is 6.17 Å². The van der Waals surface area contributed by atoms with Gasteiger partial charge in [-0.05, 0) is 12.5 Å². The van der Waals surface area contributed by atoms with Crippen molar-refractivity contribution in [2.45, 2.75) is 13.1 Å². The molecule has 3 aromatic rings. The minimum absolute atomic E-state index is 0.106. The van der Waals surface area contributed by atoms with Crippen LogP contribution in [0, 0.1) is 6.92 Å². The van der Waals surface area contributed by atoms with Crippen LogP contribution in [0.3, 0.4) is 0 Å². The Bertz CT molecular complexity index is 800. The van der Waals surface area contributed by atoms with Crippen LogP contribution in [-0.2, 0) is 0 Å². The summed E-state index contributed by atoms with van der Waals surface area (Å²) in [6.07, 6.45) is 3.78. The molecule has 3 rings (SSSR count). The van der Waals surface area contributed by atoms with Crippen LogP contribution in [0.1, 0.15) is 27.9 Å². The highest BCUT2D eigenvalue weighted by Gasteiger charge is 2.16. The number of aromatic nitrogens is 3. The summed E-state index contributed by atoms with van der Waals surface area (Å²) in [5, 5.41) is 2.57. The molecule has 1 unspecified atom stereocenters. The summed E-state index contributed by atoms with van der Waals surface area (Å²) in [6.45, 7) is 1.73. The van der Waals surface area contributed by atoms with Crippen molar-refractivity contribution in [1.29, 1.82) is 0 Å². The molecule has 0 aliphatic carbocycles. The summed E-state index contributed by atoms with van der Waals surface area (Å²) < 4.78 is 15.8. The molecule has 0 aliphatic rings. The average molecular weight is 298 g/mol. The van der Waals surface area contributed by atoms with Gasteiger partial charge in [0.25, 0.3) is 5.91 Å². The third-order valence-electron chi connectivity index (χ3n) is 3.31. The number of carbonyl (C=O) groups is 1. The van der Waals surface area contributed by atoms with E-state index in [0.717, 1.165) is 5.69 Å². The van der Waals surface area contributed by atoms with Crippen LogP contribution in [-0.4, -0.2) is 26.8 Å². The van der Waals surface area contributed by atoms with E-state index in [2.05, 4.69) is 15.3 Å². The average Bonchev–Trinajstić information content (AvgIpc) is 2.93. The molecule has 0 radical (unpaired) electrons. The van der Waals surface area contributed by atoms with Gasteiger partial charge in [-0.25, -0.2) is 14.4 Å². The van der Waals surface area contributed by atoms with Gasteiger partial charge in [-0.15, -0.1) is 0 Å². The van der Waals surface area contributed by atoms with E-state index in [1.165, 1.54) is 6.20 Å². The zero-order chi connectivity index (χ0) is 15.5. The number of rotatable bonds is 4. The molecule has 1 N–H and O–H groups in total. The zero-order valence-corrected chi connectivity index (χ0v) is 12.0. The van der Waals surface area contributed by atoms with Crippen molar-refractivity contribution >= 4 is 11.6 Å². The standard InChI is InChI=1S/C16H15FN4O/c1-11-10-21-8-7-18-14(15(21)20-11)16(22)19-9-13(17)12-5-3-2-4-6-12/h2-8,10,13H,9H2,1H3,(H,19,22). The maximum Gasteiger partial charge on any atom is 0.273 e. The number of nitrogens with zero attached hydrogens (tertiary/aromatic N) is 3. The zero-order valence-electron chi connectivity index (χ0n) is 12.0. The lowest BCUT2D eigenvalue weighted by Crippen LogP contribution is -2.28. The molecule has 1 aromatic carbocycles. The number of amides is 1. The fraction of sp³-hybridized carbons (Fsp3) is 0.188. The summed E-state index contributed by atoms with van der Waals surface area (Å²) >= 11 is 0. The smallest absolute Gasteiger partial charge is 0.273 e. The second-order valence-corrected chi connectivity index (χ2v) is 4.98. The molecule has 112 valence electrons. The van der Waals surface area contributed by atoms with Crippen molar-refractivity contribution in [1.82, 2.24) is 19.7 Å². The van der Waals surface area contributed by atoms with Gasteiger partial charge in [0.2, 0.25) is 0 Å². The quantitative estimate of drug-likeness (QED) is 0.805. The number of aryl methyl sites for hydroxylation is 1. The number of alkyl halides is 1. The first-order valence-electron chi connectivity index (χ1n) is 6.92. The van der Waals surface area contributed by atoms with Crippen LogP contribution in [0.5, 0.6) is 0 Å². The molecule has 2 heterocycles. The van der Waals surface area contributed by atoms with Crippen LogP contribution in [0.2, 0.25) is 0 Å². The highest BCUT2D eigenvalue weighted by Crippen LogP contribution is 2.16. The lowest BCUT2D eigenvalue weighted by atomic mass is 10.1. The van der Waals surface area contributed by atoms with Crippen LogP contribution in [0.4, 0.5) is 4.39 Å². The normalized spacial score (nSPS) is 12.3. The van der Waals surface area contributed by atoms with E-state index in [-0.39, 0.29) is 12.2 Å². The fourth-order valence-electron chi connectivity index (χ4n) is 2.25. The Morgan fingerprint density at radius 2 is 2.14 bits per heavy atom. The molecular formula is C16H15FN4O. The first kappa shape index (κ1) is 14.2. The van der Waals surface area contributed by atoms with E-state index in [0.29, 0.717) is 11.2 Å². The van der Waals surface area contributed by atoms with Gasteiger partial charge in [-0.2, -0.15) is 0 Å². The third kappa shape index (κ3) is 2.81. The number of hydrogen-bond donors (Lipinski definition) is 1. The largest absolute Gasteiger partial charge is 0.347 e. The first-order chi connectivity index (χ1) is 10.6. The van der Waals surface area contributed by atoms with E-state index >= 15 is 0 Å². The van der Waals surface area contributed by atoms with Gasteiger partial charge in [-0.3, -0.25) is 4.79 Å². The first-order valence-corrected chi connectivity index (χ1v) is 6.92. The molecule has 0 spiro atoms. The number of hydrogen-bond acceptors (Lipinski definition) is 3. The Morgan fingerprint density at radius 3 is 2.91 bits per heavy atom. The van der Waals surface area contributed by atoms with Gasteiger partial charge in [0.15, 0.2) is 11.3 Å². The molecule has 1 atom stereocenters. The lowest BCUT2D eigenvalue weighted by molar-refractivity contribution is 0.0938. The van der Waals surface area contributed by atoms with Crippen LogP contribution in [0.15, 0.2) is 48.9 Å². The molecule has 1 amide bonds. The van der Waals surface area contributed by atoms with Crippen molar-refractivity contribution < 1.29 is 9.18 Å². The Labute approximate surface area is 126 Å². The van der Waals surface area contributed by atoms with E-state index in [9.17, 15) is 9.18 Å². The number of carbonyl (C=O) groups excluding carboxylic acids is 1. The molecule has 22 heavy (non-hydrogen) atoms. The Hall–Kier alpha value is -2.76. The van der Waals surface area contributed by atoms with E-state index in [1.807, 2.05) is 13.0 Å². The number of nitrogens with one attached hydrogen (secondary N) is 1. The van der Waals surface area contributed by atoms with Crippen LogP contribution >= 0.6 is 0 Å². The van der Waals surface area contributed by atoms with Crippen LogP contribution < -0.4 is 5.32 Å². The summed E-state index contributed by atoms with van der Waals surface area (Å²) in [5.41, 5.74) is 1.98. The topological polar surface area (TPSA) is 59.3 Å². The summed E-state index contributed by atoms with van der Waals surface area (Å²) in [4.78, 5) is 20.5. The molecule has 0 fully saturated rings. The Balaban J connectivity index is 1.74. The van der Waals surface area contributed by atoms with Crippen molar-refractivity contribution in [3.63, 3.8) is 0 Å². The van der Waals surface area contributed by atoms with Crippen LogP contribution in [0.25, 0.3) is 5.65 Å². The van der Waals surface area contributed by atoms with Crippen molar-refractivity contribution in [2.24, 2.45) is 0 Å². The van der Waals surface area contributed by atoms with Gasteiger partial charge < -0.3 is 9.72 Å². The molecule has 0 aliphatic heterocycles. The van der Waals surface area contributed by atoms with E-state index in [4.69, 9.17) is 0 Å². The SMILES string of the molecule is Cc1cn2ccnc(C(=O)NCC(F)c3ccccc3)c2n1. The van der Waals surface area contributed by atoms with Gasteiger partial charge >= 0.3 is 0 Å². The fourth-order valence-corrected chi connectivity index (χ4v) is 2.25. The number of benzene rings is 1. The second kappa shape index (κ2) is 5.93. The minimum Gasteiger partial charge on any atom is -0.347 e. The van der Waals surface area contributed by atoms with Crippen molar-refractivity contribution in [3.8, 4) is 0 Å². The van der Waals surface area contributed by atoms with Gasteiger partial charge in [-0.1, -0.05) is 30.3 Å². The third-order valence-corrected chi connectivity index (χ3v) is 3.31. The molecule has 0 saturated carbocycles. The molecule has 6 heteroatoms. The second-order valence-electron chi connectivity index (χ2n) is 4.98. The summed E-state index contributed by atoms with van der Waals surface area (Å²) in [6, 6.07) is 8.72. The minimum atomic E-state index is -1.26. The summed E-state index contributed by atoms with van der Waals surface area (Å²) in [7, 11) is 0. The predicted molar refractivity (Wildman–Crippen MR) is 80.3 cm³/mol. The Morgan fingerprint density at radius 1 is 1.36 bits per heavy atom. The maximum absolute atomic E-state index is 14.1. The Kier molecular flexibility index (Phi) is 3.82. The van der Waals surface area contributed by atoms with Crippen molar-refractivity contribution in [2.75, 3.05) is 6.54 Å². The summed E-state index contributed by atoms with van der Waals surface area (Å²) in [5.74, 6) is -0.435. The van der Waals surface area contributed by atoms with Gasteiger partial charge in [0.05, 0.1) is 12.2 Å². The van der Waals surface area contributed by atoms with E-state index in [1.54, 1.807) is 41.1 Å². The predicted octanol–water partition coefficient (Wildman–Crippen LogP) is 2.48. The highest BCUT2D eigenvalue weighted by atomic mass is 19.1. The van der Waals surface area contributed by atoms with Crippen molar-refractivity contribution in [3.05, 3.63) is 65.9 Å². The van der Waals surface area contributed by atoms with E-state index < -0.39 is 12.1 Å².